The van der Waals surface area contributed by atoms with Gasteiger partial charge in [-0.1, -0.05) is 53.2 Å². The Morgan fingerprint density at radius 2 is 1.72 bits per heavy atom. The van der Waals surface area contributed by atoms with Gasteiger partial charge >= 0.3 is 0 Å². The summed E-state index contributed by atoms with van der Waals surface area (Å²) in [4.78, 5) is 39.4. The summed E-state index contributed by atoms with van der Waals surface area (Å²) >= 11 is 0. The van der Waals surface area contributed by atoms with E-state index in [1.807, 2.05) is 0 Å². The van der Waals surface area contributed by atoms with Crippen molar-refractivity contribution in [2.75, 3.05) is 0 Å². The van der Waals surface area contributed by atoms with E-state index in [1.165, 1.54) is 5.57 Å². The van der Waals surface area contributed by atoms with Crippen LogP contribution in [0.2, 0.25) is 0 Å². The molecule has 0 N–H and O–H groups in total. The molecule has 0 amide bonds. The summed E-state index contributed by atoms with van der Waals surface area (Å²) in [6.45, 7) is 16.0. The Balaban J connectivity index is 1.76. The van der Waals surface area contributed by atoms with Crippen molar-refractivity contribution in [3.8, 4) is 0 Å². The summed E-state index contributed by atoms with van der Waals surface area (Å²) in [5, 5.41) is 0. The first-order chi connectivity index (χ1) is 14.9. The van der Waals surface area contributed by atoms with Crippen molar-refractivity contribution in [1.82, 2.24) is 0 Å². The predicted molar refractivity (Wildman–Crippen MR) is 128 cm³/mol. The van der Waals surface area contributed by atoms with Crippen LogP contribution in [-0.2, 0) is 14.4 Å². The summed E-state index contributed by atoms with van der Waals surface area (Å²) in [6, 6.07) is 0. The van der Waals surface area contributed by atoms with E-state index in [9.17, 15) is 14.4 Å². The van der Waals surface area contributed by atoms with Gasteiger partial charge in [-0.15, -0.1) is 0 Å². The highest BCUT2D eigenvalue weighted by Crippen LogP contribution is 2.74. The maximum Gasteiger partial charge on any atom is 0.160 e. The first kappa shape index (κ1) is 23.6. The van der Waals surface area contributed by atoms with Gasteiger partial charge in [-0.05, 0) is 73.7 Å². The maximum atomic E-state index is 13.8. The quantitative estimate of drug-likeness (QED) is 0.470. The second-order valence-electron chi connectivity index (χ2n) is 12.4. The molecule has 0 radical (unpaired) electrons. The van der Waals surface area contributed by atoms with Gasteiger partial charge in [0.15, 0.2) is 11.6 Å². The SMILES string of the molecule is CC(=CC(C)C1CCC(=O)C23CC(=O)C4=CC(=O)CCC4(C)C2CCC13C)C(C)C(C)C. The minimum atomic E-state index is -0.556. The van der Waals surface area contributed by atoms with Crippen LogP contribution in [-0.4, -0.2) is 17.3 Å². The molecule has 32 heavy (non-hydrogen) atoms. The van der Waals surface area contributed by atoms with Crippen LogP contribution in [0.5, 0.6) is 0 Å². The zero-order chi connectivity index (χ0) is 23.6. The van der Waals surface area contributed by atoms with Crippen molar-refractivity contribution in [1.29, 1.82) is 0 Å². The van der Waals surface area contributed by atoms with E-state index in [4.69, 9.17) is 0 Å². The summed E-state index contributed by atoms with van der Waals surface area (Å²) in [6.07, 6.45) is 9.14. The molecular formula is C29H42O3. The lowest BCUT2D eigenvalue weighted by atomic mass is 9.41. The average molecular weight is 439 g/mol. The van der Waals surface area contributed by atoms with Crippen molar-refractivity contribution in [3.05, 3.63) is 23.3 Å². The Morgan fingerprint density at radius 1 is 1.03 bits per heavy atom. The summed E-state index contributed by atoms with van der Waals surface area (Å²) < 4.78 is 0. The molecule has 4 rings (SSSR count). The summed E-state index contributed by atoms with van der Waals surface area (Å²) in [5.74, 6) is 2.59. The van der Waals surface area contributed by atoms with E-state index < -0.39 is 5.41 Å². The van der Waals surface area contributed by atoms with Crippen LogP contribution in [0.3, 0.4) is 0 Å². The highest BCUT2D eigenvalue weighted by atomic mass is 16.1. The molecule has 4 aliphatic carbocycles. The van der Waals surface area contributed by atoms with Crippen molar-refractivity contribution < 1.29 is 14.4 Å². The standard InChI is InChI=1S/C29H42O3/c1-17(2)20(5)18(3)14-19(4)22-8-9-26(32)29-16-24(31)23-15-21(30)10-12-27(23,6)25(29)11-13-28(22,29)7/h14-15,17,19-20,22,25H,8-13,16H2,1-7H3. The average Bonchev–Trinajstić information content (AvgIpc) is 3.04. The predicted octanol–water partition coefficient (Wildman–Crippen LogP) is 6.51. The lowest BCUT2D eigenvalue weighted by Gasteiger charge is -2.60. The Bertz CT molecular complexity index is 907. The first-order valence-corrected chi connectivity index (χ1v) is 12.9. The molecule has 7 atom stereocenters. The Labute approximate surface area is 194 Å². The van der Waals surface area contributed by atoms with E-state index in [0.717, 1.165) is 24.8 Å². The second-order valence-corrected chi connectivity index (χ2v) is 12.4. The fourth-order valence-electron chi connectivity index (χ4n) is 8.53. The number of hydrogen-bond donors (Lipinski definition) is 0. The van der Waals surface area contributed by atoms with Gasteiger partial charge in [0.05, 0.1) is 0 Å². The number of carbonyl (C=O) groups excluding carboxylic acids is 3. The Kier molecular flexibility index (Phi) is 5.74. The molecule has 0 aromatic carbocycles. The molecule has 0 aliphatic heterocycles. The number of Topliss-reactive ketones (excluding diaryl/α,β-unsaturated/α-hetero) is 2. The van der Waals surface area contributed by atoms with Gasteiger partial charge < -0.3 is 0 Å². The zero-order valence-corrected chi connectivity index (χ0v) is 21.2. The highest BCUT2D eigenvalue weighted by Gasteiger charge is 2.72. The van der Waals surface area contributed by atoms with Gasteiger partial charge in [-0.3, -0.25) is 14.4 Å². The number of carbonyl (C=O) groups is 3. The number of hydrogen-bond acceptors (Lipinski definition) is 3. The molecule has 3 fully saturated rings. The van der Waals surface area contributed by atoms with Crippen LogP contribution in [0.1, 0.15) is 93.4 Å². The fraction of sp³-hybridized carbons (Fsp3) is 0.759. The van der Waals surface area contributed by atoms with E-state index >= 15 is 0 Å². The van der Waals surface area contributed by atoms with E-state index in [2.05, 4.69) is 54.5 Å². The minimum Gasteiger partial charge on any atom is -0.299 e. The Hall–Kier alpha value is -1.51. The number of allylic oxidation sites excluding steroid dienone is 4. The summed E-state index contributed by atoms with van der Waals surface area (Å²) in [7, 11) is 0. The van der Waals surface area contributed by atoms with Gasteiger partial charge in [-0.25, -0.2) is 0 Å². The molecule has 1 spiro atoms. The largest absolute Gasteiger partial charge is 0.299 e. The van der Waals surface area contributed by atoms with Crippen LogP contribution < -0.4 is 0 Å². The number of rotatable bonds is 4. The zero-order valence-electron chi connectivity index (χ0n) is 21.2. The normalized spacial score (nSPS) is 41.7. The third-order valence-electron chi connectivity index (χ3n) is 10.8. The third-order valence-corrected chi connectivity index (χ3v) is 10.8. The van der Waals surface area contributed by atoms with Crippen molar-refractivity contribution in [3.63, 3.8) is 0 Å². The molecule has 3 nitrogen and oxygen atoms in total. The summed E-state index contributed by atoms with van der Waals surface area (Å²) in [5.41, 5.74) is 1.12. The van der Waals surface area contributed by atoms with Crippen molar-refractivity contribution in [2.45, 2.75) is 93.4 Å². The van der Waals surface area contributed by atoms with Crippen LogP contribution in [0, 0.1) is 45.8 Å². The molecule has 0 bridgehead atoms. The van der Waals surface area contributed by atoms with Crippen molar-refractivity contribution in [2.24, 2.45) is 45.8 Å². The van der Waals surface area contributed by atoms with Gasteiger partial charge in [0.25, 0.3) is 0 Å². The molecule has 7 unspecified atom stereocenters. The fourth-order valence-corrected chi connectivity index (χ4v) is 8.53. The lowest BCUT2D eigenvalue weighted by Crippen LogP contribution is -2.61. The molecule has 3 heteroatoms. The minimum absolute atomic E-state index is 0.0618. The van der Waals surface area contributed by atoms with Gasteiger partial charge in [-0.2, -0.15) is 0 Å². The van der Waals surface area contributed by atoms with E-state index in [0.29, 0.717) is 55.1 Å². The number of ketones is 3. The monoisotopic (exact) mass is 438 g/mol. The smallest absolute Gasteiger partial charge is 0.160 e. The molecule has 3 saturated carbocycles. The van der Waals surface area contributed by atoms with Crippen LogP contribution >= 0.6 is 0 Å². The molecular weight excluding hydrogens is 396 g/mol. The highest BCUT2D eigenvalue weighted by molar-refractivity contribution is 6.08. The molecule has 0 aromatic rings. The molecule has 4 aliphatic rings. The molecule has 0 saturated heterocycles. The lowest BCUT2D eigenvalue weighted by molar-refractivity contribution is -0.164. The van der Waals surface area contributed by atoms with Gasteiger partial charge in [0.2, 0.25) is 0 Å². The second kappa shape index (κ2) is 7.77. The first-order valence-electron chi connectivity index (χ1n) is 12.9. The van der Waals surface area contributed by atoms with Gasteiger partial charge in [0, 0.05) is 35.7 Å². The molecule has 0 aromatic heterocycles. The molecule has 0 heterocycles. The van der Waals surface area contributed by atoms with Crippen LogP contribution in [0.25, 0.3) is 0 Å². The Morgan fingerprint density at radius 3 is 2.38 bits per heavy atom. The van der Waals surface area contributed by atoms with E-state index in [1.54, 1.807) is 6.08 Å². The molecule has 176 valence electrons. The van der Waals surface area contributed by atoms with Crippen LogP contribution in [0.15, 0.2) is 23.3 Å². The van der Waals surface area contributed by atoms with Crippen molar-refractivity contribution >= 4 is 17.3 Å². The van der Waals surface area contributed by atoms with E-state index in [-0.39, 0.29) is 28.3 Å². The van der Waals surface area contributed by atoms with Gasteiger partial charge in [0.1, 0.15) is 5.78 Å². The number of fused-ring (bicyclic) bond motifs is 2. The topological polar surface area (TPSA) is 51.2 Å². The van der Waals surface area contributed by atoms with Crippen LogP contribution in [0.4, 0.5) is 0 Å². The third kappa shape index (κ3) is 3.09. The maximum absolute atomic E-state index is 13.8.